The van der Waals surface area contributed by atoms with Gasteiger partial charge in [-0.25, -0.2) is 0 Å². The number of aromatic nitrogens is 1. The van der Waals surface area contributed by atoms with Gasteiger partial charge in [0.1, 0.15) is 0 Å². The van der Waals surface area contributed by atoms with Crippen molar-refractivity contribution in [2.75, 3.05) is 5.32 Å². The molecular weight excluding hydrogens is 248 g/mol. The van der Waals surface area contributed by atoms with Gasteiger partial charge in [0, 0.05) is 18.0 Å². The molecular formula is C17H16N2O. The van der Waals surface area contributed by atoms with E-state index in [1.165, 1.54) is 23.6 Å². The highest BCUT2D eigenvalue weighted by Crippen LogP contribution is 2.24. The normalized spacial score (nSPS) is 13.4. The van der Waals surface area contributed by atoms with E-state index in [0.717, 1.165) is 24.2 Å². The van der Waals surface area contributed by atoms with Gasteiger partial charge in [-0.1, -0.05) is 12.1 Å². The lowest BCUT2D eigenvalue weighted by atomic mass is 10.1. The largest absolute Gasteiger partial charge is 0.323 e. The van der Waals surface area contributed by atoms with Gasteiger partial charge in [0.05, 0.1) is 5.69 Å². The van der Waals surface area contributed by atoms with Crippen molar-refractivity contribution >= 4 is 17.7 Å². The minimum Gasteiger partial charge on any atom is -0.323 e. The van der Waals surface area contributed by atoms with E-state index in [-0.39, 0.29) is 5.91 Å². The molecule has 0 saturated carbocycles. The van der Waals surface area contributed by atoms with Gasteiger partial charge in [-0.05, 0) is 60.7 Å². The first-order valence-corrected chi connectivity index (χ1v) is 6.83. The molecule has 0 radical (unpaired) electrons. The molecule has 1 N–H and O–H groups in total. The molecule has 1 aliphatic rings. The van der Waals surface area contributed by atoms with Gasteiger partial charge in [0.25, 0.3) is 0 Å². The van der Waals surface area contributed by atoms with Gasteiger partial charge < -0.3 is 5.32 Å². The number of carbonyl (C=O) groups excluding carboxylic acids is 1. The van der Waals surface area contributed by atoms with Crippen LogP contribution in [0.1, 0.15) is 23.2 Å². The number of hydrogen-bond donors (Lipinski definition) is 1. The van der Waals surface area contributed by atoms with E-state index in [1.807, 2.05) is 24.3 Å². The predicted octanol–water partition coefficient (Wildman–Crippen LogP) is 3.22. The van der Waals surface area contributed by atoms with Crippen LogP contribution in [-0.4, -0.2) is 10.9 Å². The average Bonchev–Trinajstić information content (AvgIpc) is 2.94. The van der Waals surface area contributed by atoms with Crippen molar-refractivity contribution < 1.29 is 4.79 Å². The molecule has 0 aliphatic heterocycles. The van der Waals surface area contributed by atoms with Crippen LogP contribution >= 0.6 is 0 Å². The lowest BCUT2D eigenvalue weighted by molar-refractivity contribution is -0.111. The molecule has 0 bridgehead atoms. The summed E-state index contributed by atoms with van der Waals surface area (Å²) in [6, 6.07) is 11.8. The van der Waals surface area contributed by atoms with Crippen LogP contribution in [0.15, 0.2) is 48.7 Å². The van der Waals surface area contributed by atoms with E-state index in [0.29, 0.717) is 0 Å². The number of hydrogen-bond acceptors (Lipinski definition) is 2. The first-order chi connectivity index (χ1) is 9.81. The number of rotatable bonds is 3. The van der Waals surface area contributed by atoms with Crippen molar-refractivity contribution in [3.05, 3.63) is 65.5 Å². The Bertz CT molecular complexity index is 647. The summed E-state index contributed by atoms with van der Waals surface area (Å²) in [5, 5.41) is 2.89. The molecule has 1 amide bonds. The Morgan fingerprint density at radius 3 is 2.90 bits per heavy atom. The van der Waals surface area contributed by atoms with E-state index in [2.05, 4.69) is 22.4 Å². The smallest absolute Gasteiger partial charge is 0.248 e. The van der Waals surface area contributed by atoms with Crippen molar-refractivity contribution in [3.8, 4) is 0 Å². The Morgan fingerprint density at radius 2 is 2.05 bits per heavy atom. The molecule has 3 rings (SSSR count). The second-order valence-electron chi connectivity index (χ2n) is 4.91. The fourth-order valence-corrected chi connectivity index (χ4v) is 2.47. The van der Waals surface area contributed by atoms with E-state index >= 15 is 0 Å². The molecule has 2 aromatic rings. The summed E-state index contributed by atoms with van der Waals surface area (Å²) in [4.78, 5) is 16.0. The van der Waals surface area contributed by atoms with Crippen LogP contribution in [0.25, 0.3) is 6.08 Å². The monoisotopic (exact) mass is 264 g/mol. The summed E-state index contributed by atoms with van der Waals surface area (Å²) in [5.74, 6) is -0.131. The van der Waals surface area contributed by atoms with E-state index < -0.39 is 0 Å². The quantitative estimate of drug-likeness (QED) is 0.865. The van der Waals surface area contributed by atoms with Gasteiger partial charge in [-0.15, -0.1) is 0 Å². The number of fused-ring (bicyclic) bond motifs is 1. The van der Waals surface area contributed by atoms with Gasteiger partial charge in [-0.2, -0.15) is 0 Å². The lowest BCUT2D eigenvalue weighted by Gasteiger charge is -2.05. The molecule has 1 aromatic carbocycles. The second kappa shape index (κ2) is 5.70. The summed E-state index contributed by atoms with van der Waals surface area (Å²) in [5.41, 5.74) is 4.40. The highest BCUT2D eigenvalue weighted by Gasteiger charge is 2.11. The fraction of sp³-hybridized carbons (Fsp3) is 0.176. The van der Waals surface area contributed by atoms with Crippen LogP contribution in [0.5, 0.6) is 0 Å². The number of aryl methyl sites for hydroxylation is 2. The number of carbonyl (C=O) groups is 1. The van der Waals surface area contributed by atoms with Gasteiger partial charge in [0.15, 0.2) is 0 Å². The zero-order chi connectivity index (χ0) is 13.8. The standard InChI is InChI=1S/C17H16N2O/c20-17(10-9-15-6-1-2-11-18-15)19-16-8-7-13-4-3-5-14(13)12-16/h1-2,6-12H,3-5H2,(H,19,20)/b10-9+. The summed E-state index contributed by atoms with van der Waals surface area (Å²) in [7, 11) is 0. The van der Waals surface area contributed by atoms with Crippen LogP contribution in [0.3, 0.4) is 0 Å². The van der Waals surface area contributed by atoms with Crippen molar-refractivity contribution in [2.24, 2.45) is 0 Å². The SMILES string of the molecule is O=C(/C=C/c1ccccn1)Nc1ccc2c(c1)CCC2. The minimum absolute atomic E-state index is 0.131. The van der Waals surface area contributed by atoms with Crippen LogP contribution < -0.4 is 5.32 Å². The third-order valence-electron chi connectivity index (χ3n) is 3.46. The van der Waals surface area contributed by atoms with Gasteiger partial charge in [0.2, 0.25) is 5.91 Å². The number of amides is 1. The molecule has 1 heterocycles. The maximum Gasteiger partial charge on any atom is 0.248 e. The van der Waals surface area contributed by atoms with E-state index in [1.54, 1.807) is 12.3 Å². The Labute approximate surface area is 118 Å². The Kier molecular flexibility index (Phi) is 3.59. The van der Waals surface area contributed by atoms with Crippen molar-refractivity contribution in [2.45, 2.75) is 19.3 Å². The Morgan fingerprint density at radius 1 is 1.15 bits per heavy atom. The Hall–Kier alpha value is -2.42. The summed E-state index contributed by atoms with van der Waals surface area (Å²) < 4.78 is 0. The number of anilines is 1. The van der Waals surface area contributed by atoms with Crippen LogP contribution in [0, 0.1) is 0 Å². The third-order valence-corrected chi connectivity index (χ3v) is 3.46. The van der Waals surface area contributed by atoms with Crippen LogP contribution in [-0.2, 0) is 17.6 Å². The van der Waals surface area contributed by atoms with Crippen molar-refractivity contribution in [1.29, 1.82) is 0 Å². The molecule has 1 aromatic heterocycles. The molecule has 0 unspecified atom stereocenters. The maximum atomic E-state index is 11.9. The molecule has 0 atom stereocenters. The van der Waals surface area contributed by atoms with Crippen molar-refractivity contribution in [1.82, 2.24) is 4.98 Å². The third kappa shape index (κ3) is 2.94. The number of pyridine rings is 1. The first kappa shape index (κ1) is 12.6. The maximum absolute atomic E-state index is 11.9. The molecule has 3 heteroatoms. The molecule has 0 fully saturated rings. The highest BCUT2D eigenvalue weighted by atomic mass is 16.1. The molecule has 0 saturated heterocycles. The first-order valence-electron chi connectivity index (χ1n) is 6.83. The highest BCUT2D eigenvalue weighted by molar-refractivity contribution is 6.01. The molecule has 0 spiro atoms. The zero-order valence-electron chi connectivity index (χ0n) is 11.2. The molecule has 20 heavy (non-hydrogen) atoms. The number of nitrogens with one attached hydrogen (secondary N) is 1. The molecule has 1 aliphatic carbocycles. The van der Waals surface area contributed by atoms with Gasteiger partial charge >= 0.3 is 0 Å². The van der Waals surface area contributed by atoms with Crippen LogP contribution in [0.2, 0.25) is 0 Å². The lowest BCUT2D eigenvalue weighted by Crippen LogP contribution is -2.08. The zero-order valence-corrected chi connectivity index (χ0v) is 11.2. The number of nitrogens with zero attached hydrogens (tertiary/aromatic N) is 1. The predicted molar refractivity (Wildman–Crippen MR) is 80.4 cm³/mol. The topological polar surface area (TPSA) is 42.0 Å². The summed E-state index contributed by atoms with van der Waals surface area (Å²) in [6.07, 6.45) is 8.41. The number of benzene rings is 1. The average molecular weight is 264 g/mol. The summed E-state index contributed by atoms with van der Waals surface area (Å²) in [6.45, 7) is 0. The second-order valence-corrected chi connectivity index (χ2v) is 4.91. The van der Waals surface area contributed by atoms with E-state index in [9.17, 15) is 4.79 Å². The fourth-order valence-electron chi connectivity index (χ4n) is 2.47. The van der Waals surface area contributed by atoms with Gasteiger partial charge in [-0.3, -0.25) is 9.78 Å². The Balaban J connectivity index is 1.66. The van der Waals surface area contributed by atoms with E-state index in [4.69, 9.17) is 0 Å². The van der Waals surface area contributed by atoms with Crippen molar-refractivity contribution in [3.63, 3.8) is 0 Å². The summed E-state index contributed by atoms with van der Waals surface area (Å²) >= 11 is 0. The molecule has 3 nitrogen and oxygen atoms in total. The molecule has 100 valence electrons. The minimum atomic E-state index is -0.131. The van der Waals surface area contributed by atoms with Crippen LogP contribution in [0.4, 0.5) is 5.69 Å².